The summed E-state index contributed by atoms with van der Waals surface area (Å²) in [7, 11) is 0. The summed E-state index contributed by atoms with van der Waals surface area (Å²) in [5, 5.41) is 0. The van der Waals surface area contributed by atoms with Crippen molar-refractivity contribution in [2.45, 2.75) is 73.8 Å². The first-order valence-corrected chi connectivity index (χ1v) is 8.44. The molecular weight excluding hydrogens is 244 g/mol. The van der Waals surface area contributed by atoms with E-state index in [0.29, 0.717) is 0 Å². The quantitative estimate of drug-likeness (QED) is 0.496. The Morgan fingerprint density at radius 2 is 1.55 bits per heavy atom. The van der Waals surface area contributed by atoms with Crippen molar-refractivity contribution in [2.75, 3.05) is 6.61 Å². The summed E-state index contributed by atoms with van der Waals surface area (Å²) >= 11 is 0. The average Bonchev–Trinajstić information content (AvgIpc) is 2.52. The molecule has 1 atom stereocenters. The number of hydrogen-bond donors (Lipinski definition) is 0. The summed E-state index contributed by atoms with van der Waals surface area (Å²) < 4.78 is 5.65. The van der Waals surface area contributed by atoms with Crippen LogP contribution in [0, 0.1) is 5.92 Å². The molecule has 0 aliphatic carbocycles. The third kappa shape index (κ3) is 13.6. The minimum atomic E-state index is 0.753. The molecule has 1 aromatic carbocycles. The van der Waals surface area contributed by atoms with Crippen LogP contribution in [0.4, 0.5) is 0 Å². The van der Waals surface area contributed by atoms with Gasteiger partial charge in [0.25, 0.3) is 0 Å². The van der Waals surface area contributed by atoms with Gasteiger partial charge in [0.1, 0.15) is 0 Å². The van der Waals surface area contributed by atoms with Crippen LogP contribution in [0.1, 0.15) is 72.8 Å². The van der Waals surface area contributed by atoms with Gasteiger partial charge in [-0.3, -0.25) is 0 Å². The van der Waals surface area contributed by atoms with Gasteiger partial charge in [0.2, 0.25) is 0 Å². The standard InChI is InChI=1S/C15H24O.2C2H6/c1-3-8-14(2)9-7-12-16-13-15-10-5-4-6-11-15;2*1-2/h4-6,10-11,14H,3,7-9,12-13H2,1-2H3;2*1-2H3. The zero-order valence-electron chi connectivity index (χ0n) is 14.6. The molecule has 0 radical (unpaired) electrons. The molecule has 0 saturated carbocycles. The van der Waals surface area contributed by atoms with Gasteiger partial charge in [0, 0.05) is 6.61 Å². The van der Waals surface area contributed by atoms with E-state index in [0.717, 1.165) is 19.1 Å². The Hall–Kier alpha value is -0.820. The number of benzene rings is 1. The molecule has 0 amide bonds. The third-order valence-corrected chi connectivity index (χ3v) is 2.88. The van der Waals surface area contributed by atoms with E-state index in [1.165, 1.54) is 31.2 Å². The van der Waals surface area contributed by atoms with E-state index in [1.54, 1.807) is 0 Å². The molecule has 1 nitrogen and oxygen atoms in total. The molecule has 0 aromatic heterocycles. The second-order valence-electron chi connectivity index (χ2n) is 4.57. The van der Waals surface area contributed by atoms with Gasteiger partial charge in [0.15, 0.2) is 0 Å². The second kappa shape index (κ2) is 18.2. The zero-order valence-corrected chi connectivity index (χ0v) is 14.6. The molecule has 1 heteroatoms. The summed E-state index contributed by atoms with van der Waals surface area (Å²) in [6.45, 7) is 14.2. The van der Waals surface area contributed by atoms with Gasteiger partial charge >= 0.3 is 0 Å². The highest BCUT2D eigenvalue weighted by Gasteiger charge is 2.00. The minimum Gasteiger partial charge on any atom is -0.377 e. The lowest BCUT2D eigenvalue weighted by atomic mass is 10.0. The largest absolute Gasteiger partial charge is 0.377 e. The fourth-order valence-electron chi connectivity index (χ4n) is 1.94. The Kier molecular flexibility index (Phi) is 19.5. The third-order valence-electron chi connectivity index (χ3n) is 2.88. The molecular formula is C19H36O. The van der Waals surface area contributed by atoms with Crippen LogP contribution in [-0.2, 0) is 11.3 Å². The molecule has 0 aliphatic rings. The maximum absolute atomic E-state index is 5.65. The normalized spacial score (nSPS) is 10.7. The lowest BCUT2D eigenvalue weighted by Crippen LogP contribution is -1.99. The fraction of sp³-hybridized carbons (Fsp3) is 0.684. The fourth-order valence-corrected chi connectivity index (χ4v) is 1.94. The number of rotatable bonds is 8. The molecule has 1 aromatic rings. The van der Waals surface area contributed by atoms with Crippen molar-refractivity contribution in [3.05, 3.63) is 35.9 Å². The van der Waals surface area contributed by atoms with Crippen molar-refractivity contribution >= 4 is 0 Å². The van der Waals surface area contributed by atoms with Gasteiger partial charge in [0.05, 0.1) is 6.61 Å². The van der Waals surface area contributed by atoms with E-state index < -0.39 is 0 Å². The SMILES string of the molecule is CC.CC.CCCC(C)CCCOCc1ccccc1. The molecule has 20 heavy (non-hydrogen) atoms. The molecule has 0 spiro atoms. The zero-order chi connectivity index (χ0) is 15.6. The Morgan fingerprint density at radius 1 is 0.950 bits per heavy atom. The number of ether oxygens (including phenoxy) is 1. The molecule has 1 rings (SSSR count). The van der Waals surface area contributed by atoms with Crippen LogP contribution in [-0.4, -0.2) is 6.61 Å². The second-order valence-corrected chi connectivity index (χ2v) is 4.57. The van der Waals surface area contributed by atoms with E-state index >= 15 is 0 Å². The van der Waals surface area contributed by atoms with Crippen LogP contribution in [0.3, 0.4) is 0 Å². The van der Waals surface area contributed by atoms with Gasteiger partial charge in [-0.2, -0.15) is 0 Å². The van der Waals surface area contributed by atoms with Gasteiger partial charge in [-0.25, -0.2) is 0 Å². The Bertz CT molecular complexity index is 256. The summed E-state index contributed by atoms with van der Waals surface area (Å²) in [5.74, 6) is 0.852. The van der Waals surface area contributed by atoms with Gasteiger partial charge in [-0.1, -0.05) is 84.7 Å². The smallest absolute Gasteiger partial charge is 0.0716 e. The van der Waals surface area contributed by atoms with Crippen molar-refractivity contribution in [2.24, 2.45) is 5.92 Å². The Labute approximate surface area is 127 Å². The lowest BCUT2D eigenvalue weighted by molar-refractivity contribution is 0.114. The summed E-state index contributed by atoms with van der Waals surface area (Å²) in [4.78, 5) is 0. The first kappa shape index (κ1) is 21.5. The van der Waals surface area contributed by atoms with Crippen LogP contribution >= 0.6 is 0 Å². The van der Waals surface area contributed by atoms with E-state index in [4.69, 9.17) is 4.74 Å². The van der Waals surface area contributed by atoms with Crippen LogP contribution in [0.15, 0.2) is 30.3 Å². The summed E-state index contributed by atoms with van der Waals surface area (Å²) in [5.41, 5.74) is 1.27. The van der Waals surface area contributed by atoms with Crippen LogP contribution in [0.25, 0.3) is 0 Å². The molecule has 118 valence electrons. The topological polar surface area (TPSA) is 9.23 Å². The lowest BCUT2D eigenvalue weighted by Gasteiger charge is -2.09. The van der Waals surface area contributed by atoms with Crippen molar-refractivity contribution in [1.29, 1.82) is 0 Å². The minimum absolute atomic E-state index is 0.753. The van der Waals surface area contributed by atoms with E-state index in [-0.39, 0.29) is 0 Å². The molecule has 1 unspecified atom stereocenters. The van der Waals surface area contributed by atoms with Gasteiger partial charge in [-0.05, 0) is 24.3 Å². The van der Waals surface area contributed by atoms with Crippen molar-refractivity contribution in [3.8, 4) is 0 Å². The van der Waals surface area contributed by atoms with Crippen LogP contribution < -0.4 is 0 Å². The predicted molar refractivity (Wildman–Crippen MR) is 92.1 cm³/mol. The van der Waals surface area contributed by atoms with E-state index in [9.17, 15) is 0 Å². The number of hydrogen-bond acceptors (Lipinski definition) is 1. The maximum atomic E-state index is 5.65. The van der Waals surface area contributed by atoms with Gasteiger partial charge in [-0.15, -0.1) is 0 Å². The monoisotopic (exact) mass is 280 g/mol. The van der Waals surface area contributed by atoms with Gasteiger partial charge < -0.3 is 4.74 Å². The van der Waals surface area contributed by atoms with Crippen LogP contribution in [0.5, 0.6) is 0 Å². The summed E-state index contributed by atoms with van der Waals surface area (Å²) in [6, 6.07) is 10.4. The average molecular weight is 280 g/mol. The van der Waals surface area contributed by atoms with Crippen molar-refractivity contribution in [3.63, 3.8) is 0 Å². The highest BCUT2D eigenvalue weighted by atomic mass is 16.5. The molecule has 0 aliphatic heterocycles. The molecule has 0 N–H and O–H groups in total. The Balaban J connectivity index is 0. The highest BCUT2D eigenvalue weighted by molar-refractivity contribution is 5.13. The Morgan fingerprint density at radius 3 is 2.10 bits per heavy atom. The first-order chi connectivity index (χ1) is 9.83. The molecule has 0 saturated heterocycles. The van der Waals surface area contributed by atoms with E-state index in [1.807, 2.05) is 33.8 Å². The van der Waals surface area contributed by atoms with Crippen LogP contribution in [0.2, 0.25) is 0 Å². The van der Waals surface area contributed by atoms with Crippen molar-refractivity contribution in [1.82, 2.24) is 0 Å². The first-order valence-electron chi connectivity index (χ1n) is 8.44. The highest BCUT2D eigenvalue weighted by Crippen LogP contribution is 2.12. The maximum Gasteiger partial charge on any atom is 0.0716 e. The van der Waals surface area contributed by atoms with E-state index in [2.05, 4.69) is 38.1 Å². The van der Waals surface area contributed by atoms with Crippen molar-refractivity contribution < 1.29 is 4.74 Å². The molecule has 0 bridgehead atoms. The molecule has 0 heterocycles. The predicted octanol–water partition coefficient (Wildman–Crippen LogP) is 6.47. The molecule has 0 fully saturated rings. The summed E-state index contributed by atoms with van der Waals surface area (Å²) in [6.07, 6.45) is 5.13.